The van der Waals surface area contributed by atoms with Crippen molar-refractivity contribution in [2.75, 3.05) is 14.2 Å². The largest absolute Gasteiger partial charge is 0.493 e. The molecule has 4 nitrogen and oxygen atoms in total. The Morgan fingerprint density at radius 2 is 1.55 bits per heavy atom. The molecule has 1 aromatic heterocycles. The van der Waals surface area contributed by atoms with Gasteiger partial charge in [0.25, 0.3) is 0 Å². The molecule has 0 aliphatic heterocycles. The Morgan fingerprint density at radius 1 is 1.05 bits per heavy atom. The number of aromatic nitrogens is 2. The first kappa shape index (κ1) is 15.3. The molecule has 0 N–H and O–H groups in total. The maximum Gasteiger partial charge on any atom is 0.197 e. The quantitative estimate of drug-likeness (QED) is 0.740. The number of benzene rings is 1. The van der Waals surface area contributed by atoms with Crippen LogP contribution in [0.2, 0.25) is 10.3 Å². The molecule has 2 aromatic rings. The van der Waals surface area contributed by atoms with E-state index in [1.807, 2.05) is 0 Å². The van der Waals surface area contributed by atoms with E-state index in [1.165, 1.54) is 14.2 Å². The van der Waals surface area contributed by atoms with E-state index in [9.17, 15) is 4.39 Å². The third-order valence-corrected chi connectivity index (χ3v) is 3.64. The summed E-state index contributed by atoms with van der Waals surface area (Å²) in [6.07, 6.45) is 0. The second-order valence-corrected chi connectivity index (χ2v) is 5.20. The highest BCUT2D eigenvalue weighted by atomic mass is 79.9. The van der Waals surface area contributed by atoms with Crippen LogP contribution in [0.15, 0.2) is 16.6 Å². The molecule has 0 unspecified atom stereocenters. The maximum atomic E-state index is 13.3. The molecule has 0 aliphatic rings. The van der Waals surface area contributed by atoms with Gasteiger partial charge in [-0.05, 0) is 28.1 Å². The number of methoxy groups -OCH3 is 2. The molecule has 0 spiro atoms. The molecule has 2 rings (SSSR count). The third-order valence-electron chi connectivity index (χ3n) is 2.48. The van der Waals surface area contributed by atoms with Gasteiger partial charge < -0.3 is 9.47 Å². The van der Waals surface area contributed by atoms with Gasteiger partial charge in [-0.15, -0.1) is 0 Å². The zero-order valence-electron chi connectivity index (χ0n) is 10.4. The lowest BCUT2D eigenvalue weighted by atomic mass is 10.2. The smallest absolute Gasteiger partial charge is 0.197 e. The van der Waals surface area contributed by atoms with Crippen molar-refractivity contribution >= 4 is 39.1 Å². The Morgan fingerprint density at radius 3 is 2.05 bits per heavy atom. The fourth-order valence-corrected chi connectivity index (χ4v) is 2.43. The summed E-state index contributed by atoms with van der Waals surface area (Å²) in [6.45, 7) is 0. The molecule has 0 aliphatic carbocycles. The van der Waals surface area contributed by atoms with Crippen LogP contribution in [0.4, 0.5) is 4.39 Å². The minimum Gasteiger partial charge on any atom is -0.493 e. The van der Waals surface area contributed by atoms with E-state index in [4.69, 9.17) is 32.7 Å². The van der Waals surface area contributed by atoms with E-state index >= 15 is 0 Å². The maximum absolute atomic E-state index is 13.3. The Labute approximate surface area is 133 Å². The van der Waals surface area contributed by atoms with E-state index in [0.29, 0.717) is 21.5 Å². The van der Waals surface area contributed by atoms with Gasteiger partial charge in [-0.25, -0.2) is 14.4 Å². The minimum atomic E-state index is -0.853. The summed E-state index contributed by atoms with van der Waals surface area (Å²) in [5, 5.41) is -0.691. The molecule has 0 fully saturated rings. The average molecular weight is 382 g/mol. The topological polar surface area (TPSA) is 44.2 Å². The summed E-state index contributed by atoms with van der Waals surface area (Å²) in [5.74, 6) is 0.330. The zero-order valence-corrected chi connectivity index (χ0v) is 13.5. The SMILES string of the molecule is COc1cc(Br)c(-c2nc(Cl)c(F)c(Cl)n2)cc1OC. The predicted molar refractivity (Wildman–Crippen MR) is 78.3 cm³/mol. The van der Waals surface area contributed by atoms with Crippen LogP contribution in [0, 0.1) is 5.82 Å². The first-order valence-electron chi connectivity index (χ1n) is 5.28. The highest BCUT2D eigenvalue weighted by Crippen LogP contribution is 2.38. The van der Waals surface area contributed by atoms with Crippen molar-refractivity contribution in [1.82, 2.24) is 9.97 Å². The van der Waals surface area contributed by atoms with Crippen molar-refractivity contribution in [3.63, 3.8) is 0 Å². The molecule has 0 saturated heterocycles. The van der Waals surface area contributed by atoms with Crippen LogP contribution < -0.4 is 9.47 Å². The standard InChI is InChI=1S/C12H8BrCl2FN2O2/c1-19-7-3-5(6(13)4-8(7)20-2)12-17-10(14)9(16)11(15)18-12/h3-4H,1-2H3. The van der Waals surface area contributed by atoms with Gasteiger partial charge in [0.05, 0.1) is 14.2 Å². The third kappa shape index (κ3) is 2.82. The van der Waals surface area contributed by atoms with E-state index < -0.39 is 5.82 Å². The lowest BCUT2D eigenvalue weighted by Gasteiger charge is -2.11. The van der Waals surface area contributed by atoms with Gasteiger partial charge in [-0.1, -0.05) is 23.2 Å². The number of rotatable bonds is 3. The Kier molecular flexibility index (Phi) is 4.67. The van der Waals surface area contributed by atoms with Crippen molar-refractivity contribution in [3.8, 4) is 22.9 Å². The average Bonchev–Trinajstić information content (AvgIpc) is 2.43. The van der Waals surface area contributed by atoms with Crippen molar-refractivity contribution in [2.24, 2.45) is 0 Å². The van der Waals surface area contributed by atoms with Crippen LogP contribution in [-0.4, -0.2) is 24.2 Å². The van der Waals surface area contributed by atoms with Gasteiger partial charge in [-0.3, -0.25) is 0 Å². The molecule has 20 heavy (non-hydrogen) atoms. The van der Waals surface area contributed by atoms with Gasteiger partial charge in [0.2, 0.25) is 0 Å². The number of ether oxygens (including phenoxy) is 2. The van der Waals surface area contributed by atoms with Gasteiger partial charge >= 0.3 is 0 Å². The summed E-state index contributed by atoms with van der Waals surface area (Å²) in [4.78, 5) is 7.73. The molecule has 1 aromatic carbocycles. The molecule has 106 valence electrons. The first-order chi connectivity index (χ1) is 9.47. The summed E-state index contributed by atoms with van der Waals surface area (Å²) in [7, 11) is 3.02. The Hall–Kier alpha value is -1.11. The number of hydrogen-bond acceptors (Lipinski definition) is 4. The van der Waals surface area contributed by atoms with Crippen LogP contribution in [0.1, 0.15) is 0 Å². The minimum absolute atomic E-state index is 0.175. The summed E-state index contributed by atoms with van der Waals surface area (Å²) >= 11 is 14.7. The summed E-state index contributed by atoms with van der Waals surface area (Å²) in [6, 6.07) is 3.32. The normalized spacial score (nSPS) is 10.5. The summed E-state index contributed by atoms with van der Waals surface area (Å²) < 4.78 is 24.3. The molecule has 0 amide bonds. The zero-order chi connectivity index (χ0) is 14.9. The van der Waals surface area contributed by atoms with Crippen molar-refractivity contribution in [1.29, 1.82) is 0 Å². The Bertz CT molecular complexity index is 647. The van der Waals surface area contributed by atoms with Gasteiger partial charge in [0.15, 0.2) is 33.4 Å². The van der Waals surface area contributed by atoms with E-state index in [0.717, 1.165) is 0 Å². The molecule has 1 heterocycles. The van der Waals surface area contributed by atoms with Crippen LogP contribution in [-0.2, 0) is 0 Å². The highest BCUT2D eigenvalue weighted by Gasteiger charge is 2.17. The number of halogens is 4. The van der Waals surface area contributed by atoms with Gasteiger partial charge in [0.1, 0.15) is 0 Å². The molecular weight excluding hydrogens is 374 g/mol. The van der Waals surface area contributed by atoms with Crippen LogP contribution in [0.25, 0.3) is 11.4 Å². The van der Waals surface area contributed by atoms with Gasteiger partial charge in [0, 0.05) is 10.0 Å². The van der Waals surface area contributed by atoms with Crippen LogP contribution in [0.3, 0.4) is 0 Å². The molecule has 0 atom stereocenters. The second kappa shape index (κ2) is 6.11. The van der Waals surface area contributed by atoms with Crippen molar-refractivity contribution < 1.29 is 13.9 Å². The second-order valence-electron chi connectivity index (χ2n) is 3.63. The van der Waals surface area contributed by atoms with Gasteiger partial charge in [-0.2, -0.15) is 0 Å². The molecule has 8 heteroatoms. The Balaban J connectivity index is 2.63. The monoisotopic (exact) mass is 380 g/mol. The molecule has 0 radical (unpaired) electrons. The van der Waals surface area contributed by atoms with Crippen LogP contribution in [0.5, 0.6) is 11.5 Å². The number of hydrogen-bond donors (Lipinski definition) is 0. The molecular formula is C12H8BrCl2FN2O2. The summed E-state index contributed by atoms with van der Waals surface area (Å²) in [5.41, 5.74) is 0.548. The van der Waals surface area contributed by atoms with Crippen molar-refractivity contribution in [2.45, 2.75) is 0 Å². The fourth-order valence-electron chi connectivity index (χ4n) is 1.54. The van der Waals surface area contributed by atoms with Crippen LogP contribution >= 0.6 is 39.1 Å². The molecule has 0 bridgehead atoms. The van der Waals surface area contributed by atoms with E-state index in [-0.39, 0.29) is 16.1 Å². The lowest BCUT2D eigenvalue weighted by Crippen LogP contribution is -1.97. The lowest BCUT2D eigenvalue weighted by molar-refractivity contribution is 0.355. The molecule has 0 saturated carbocycles. The van der Waals surface area contributed by atoms with E-state index in [2.05, 4.69) is 25.9 Å². The fraction of sp³-hybridized carbons (Fsp3) is 0.167. The highest BCUT2D eigenvalue weighted by molar-refractivity contribution is 9.10. The van der Waals surface area contributed by atoms with Crippen molar-refractivity contribution in [3.05, 3.63) is 32.7 Å². The first-order valence-corrected chi connectivity index (χ1v) is 6.83. The number of nitrogens with zero attached hydrogens (tertiary/aromatic N) is 2. The predicted octanol–water partition coefficient (Wildman–Crippen LogP) is 4.37. The van der Waals surface area contributed by atoms with E-state index in [1.54, 1.807) is 12.1 Å².